The number of carboxylic acid groups (broad SMARTS) is 1. The number of carbonyl (C=O) groups excluding carboxylic acids is 1. The van der Waals surface area contributed by atoms with Gasteiger partial charge in [-0.1, -0.05) is 0 Å². The summed E-state index contributed by atoms with van der Waals surface area (Å²) in [6.07, 6.45) is 0.486. The number of carbonyl (C=O) groups is 2. The van der Waals surface area contributed by atoms with Crippen molar-refractivity contribution in [1.29, 1.82) is 0 Å². The molecule has 2 aliphatic carbocycles. The first-order chi connectivity index (χ1) is 11.0. The Bertz CT molecular complexity index is 662. The Balaban J connectivity index is 1.58. The molecule has 1 aromatic rings. The number of hydrogen-bond acceptors (Lipinski definition) is 6. The molecule has 0 radical (unpaired) electrons. The van der Waals surface area contributed by atoms with Crippen LogP contribution in [0, 0.1) is 28.9 Å². The van der Waals surface area contributed by atoms with Crippen LogP contribution in [0.25, 0.3) is 0 Å². The molecule has 2 bridgehead atoms. The fourth-order valence-electron chi connectivity index (χ4n) is 4.32. The van der Waals surface area contributed by atoms with Crippen LogP contribution in [0.2, 0.25) is 0 Å². The van der Waals surface area contributed by atoms with E-state index < -0.39 is 23.0 Å². The molecule has 4 rings (SSSR count). The summed E-state index contributed by atoms with van der Waals surface area (Å²) in [6, 6.07) is 6.47. The predicted octanol–water partition coefficient (Wildman–Crippen LogP) is 0.443. The Hall–Kier alpha value is -1.61. The lowest BCUT2D eigenvalue weighted by atomic mass is 9.80. The second-order valence-electron chi connectivity index (χ2n) is 6.27. The van der Waals surface area contributed by atoms with Crippen LogP contribution in [-0.4, -0.2) is 33.6 Å². The van der Waals surface area contributed by atoms with Gasteiger partial charge in [-0.15, -0.1) is 11.8 Å². The first-order valence-corrected chi connectivity index (χ1v) is 8.28. The second-order valence-corrected chi connectivity index (χ2v) is 7.52. The van der Waals surface area contributed by atoms with E-state index in [0.717, 1.165) is 4.90 Å². The van der Waals surface area contributed by atoms with Crippen LogP contribution in [0.5, 0.6) is 0 Å². The van der Waals surface area contributed by atoms with Crippen LogP contribution in [0.4, 0.5) is 5.69 Å². The minimum absolute atomic E-state index is 0.00407. The van der Waals surface area contributed by atoms with Gasteiger partial charge in [0.2, 0.25) is 0 Å². The zero-order valence-electron chi connectivity index (χ0n) is 11.9. The number of thioether (sulfide) groups is 1. The lowest BCUT2D eigenvalue weighted by Gasteiger charge is -2.29. The lowest BCUT2D eigenvalue weighted by Crippen LogP contribution is -2.99. The summed E-state index contributed by atoms with van der Waals surface area (Å²) in [5.41, 5.74) is 0.207. The molecule has 0 aromatic heterocycles. The van der Waals surface area contributed by atoms with Crippen molar-refractivity contribution >= 4 is 29.4 Å². The number of ether oxygens (including phenoxy) is 1. The van der Waals surface area contributed by atoms with Crippen molar-refractivity contribution in [2.24, 2.45) is 23.7 Å². The van der Waals surface area contributed by atoms with E-state index in [1.54, 1.807) is 12.1 Å². The molecular weight excluding hydrogens is 322 g/mol. The van der Waals surface area contributed by atoms with Crippen molar-refractivity contribution in [2.75, 3.05) is 0 Å². The van der Waals surface area contributed by atoms with Crippen molar-refractivity contribution < 1.29 is 29.9 Å². The van der Waals surface area contributed by atoms with E-state index in [0.29, 0.717) is 6.42 Å². The SMILES string of the molecule is O=C(O)[C@@H]1[C@H]2C[C@@H]3[C@@H](OC(=O)[C@@H]31)[C@H]2Sc1ccc([NH+]([O-])O)cc1. The highest BCUT2D eigenvalue weighted by Crippen LogP contribution is 2.61. The maximum Gasteiger partial charge on any atom is 0.310 e. The number of carboxylic acids is 1. The molecule has 3 N–H and O–H groups in total. The van der Waals surface area contributed by atoms with E-state index in [2.05, 4.69) is 0 Å². The second kappa shape index (κ2) is 5.20. The van der Waals surface area contributed by atoms with Gasteiger partial charge < -0.3 is 15.1 Å². The van der Waals surface area contributed by atoms with E-state index in [9.17, 15) is 19.9 Å². The van der Waals surface area contributed by atoms with Crippen molar-refractivity contribution in [2.45, 2.75) is 22.7 Å². The maximum absolute atomic E-state index is 12.0. The number of esters is 1. The molecule has 23 heavy (non-hydrogen) atoms. The third-order valence-corrected chi connectivity index (χ3v) is 6.64. The summed E-state index contributed by atoms with van der Waals surface area (Å²) in [5, 5.41) is 28.2. The number of hydrogen-bond donors (Lipinski definition) is 3. The molecule has 7 atom stereocenters. The highest BCUT2D eigenvalue weighted by molar-refractivity contribution is 8.00. The molecule has 1 unspecified atom stereocenters. The monoisotopic (exact) mass is 337 g/mol. The largest absolute Gasteiger partial charge is 0.595 e. The Morgan fingerprint density at radius 3 is 2.61 bits per heavy atom. The molecule has 2 saturated carbocycles. The fourth-order valence-corrected chi connectivity index (χ4v) is 5.77. The summed E-state index contributed by atoms with van der Waals surface area (Å²) in [6.45, 7) is 0. The van der Waals surface area contributed by atoms with Gasteiger partial charge in [-0.25, -0.2) is 5.21 Å². The van der Waals surface area contributed by atoms with Crippen LogP contribution < -0.4 is 5.23 Å². The third-order valence-electron chi connectivity index (χ3n) is 5.20. The van der Waals surface area contributed by atoms with Crippen LogP contribution in [0.1, 0.15) is 6.42 Å². The first kappa shape index (κ1) is 14.9. The molecule has 0 spiro atoms. The standard InChI is InChI=1S/C15H15NO6S/c17-14(18)10-9-5-8-11(10)15(19)22-12(8)13(9)23-7-3-1-6(2-4-7)16(20)21/h1-4,8-13,16,20H,5H2,(H,17,18)/t8-,9+,10+,11-,12+,13-/m0/s1. The molecular formula is C15H15NO6S. The molecule has 0 amide bonds. The number of nitrogens with one attached hydrogen (secondary N) is 1. The fraction of sp³-hybridized carbons (Fsp3) is 0.467. The van der Waals surface area contributed by atoms with Crippen LogP contribution in [0.3, 0.4) is 0 Å². The van der Waals surface area contributed by atoms with Gasteiger partial charge in [0.05, 0.1) is 17.1 Å². The highest BCUT2D eigenvalue weighted by atomic mass is 32.2. The van der Waals surface area contributed by atoms with Crippen molar-refractivity contribution in [3.05, 3.63) is 29.5 Å². The minimum atomic E-state index is -0.986. The smallest absolute Gasteiger partial charge is 0.310 e. The van der Waals surface area contributed by atoms with E-state index in [1.165, 1.54) is 23.9 Å². The van der Waals surface area contributed by atoms with Crippen molar-refractivity contribution in [3.8, 4) is 0 Å². The molecule has 7 nitrogen and oxygen atoms in total. The third kappa shape index (κ3) is 2.17. The first-order valence-electron chi connectivity index (χ1n) is 7.40. The molecule has 1 heterocycles. The summed E-state index contributed by atoms with van der Waals surface area (Å²) < 4.78 is 5.45. The number of quaternary nitrogens is 1. The van der Waals surface area contributed by atoms with Gasteiger partial charge in [0.15, 0.2) is 5.69 Å². The van der Waals surface area contributed by atoms with E-state index in [-0.39, 0.29) is 34.8 Å². The number of aliphatic carboxylic acids is 1. The summed E-state index contributed by atoms with van der Waals surface area (Å²) >= 11 is 1.48. The topological polar surface area (TPSA) is 111 Å². The number of rotatable bonds is 4. The van der Waals surface area contributed by atoms with E-state index in [4.69, 9.17) is 9.94 Å². The Morgan fingerprint density at radius 1 is 1.30 bits per heavy atom. The molecule has 3 aliphatic rings. The number of benzene rings is 1. The summed E-state index contributed by atoms with van der Waals surface area (Å²) in [7, 11) is 0. The Kier molecular flexibility index (Phi) is 3.38. The van der Waals surface area contributed by atoms with Gasteiger partial charge >= 0.3 is 11.9 Å². The molecule has 1 saturated heterocycles. The van der Waals surface area contributed by atoms with Gasteiger partial charge in [-0.05, 0) is 24.5 Å². The molecule has 1 aliphatic heterocycles. The molecule has 3 fully saturated rings. The van der Waals surface area contributed by atoms with Crippen LogP contribution >= 0.6 is 11.8 Å². The normalized spacial score (nSPS) is 38.6. The average molecular weight is 337 g/mol. The quantitative estimate of drug-likeness (QED) is 0.540. The van der Waals surface area contributed by atoms with Gasteiger partial charge in [0, 0.05) is 22.9 Å². The average Bonchev–Trinajstić information content (AvgIpc) is 3.11. The lowest BCUT2D eigenvalue weighted by molar-refractivity contribution is -0.991. The maximum atomic E-state index is 12.0. The Morgan fingerprint density at radius 2 is 2.00 bits per heavy atom. The number of fused-ring (bicyclic) bond motifs is 1. The van der Waals surface area contributed by atoms with Gasteiger partial charge in [-0.3, -0.25) is 9.59 Å². The highest BCUT2D eigenvalue weighted by Gasteiger charge is 2.68. The minimum Gasteiger partial charge on any atom is -0.595 e. The van der Waals surface area contributed by atoms with Crippen LogP contribution in [-0.2, 0) is 14.3 Å². The predicted molar refractivity (Wildman–Crippen MR) is 78.0 cm³/mol. The Labute approximate surface area is 135 Å². The summed E-state index contributed by atoms with van der Waals surface area (Å²) in [5.74, 6) is -2.53. The van der Waals surface area contributed by atoms with E-state index in [1.807, 2.05) is 0 Å². The molecule has 1 aromatic carbocycles. The zero-order chi connectivity index (χ0) is 16.3. The van der Waals surface area contributed by atoms with Gasteiger partial charge in [0.25, 0.3) is 0 Å². The van der Waals surface area contributed by atoms with Gasteiger partial charge in [-0.2, -0.15) is 5.23 Å². The van der Waals surface area contributed by atoms with Crippen LogP contribution in [0.15, 0.2) is 29.2 Å². The molecule has 8 heteroatoms. The molecule has 122 valence electrons. The van der Waals surface area contributed by atoms with E-state index >= 15 is 0 Å². The van der Waals surface area contributed by atoms with Crippen molar-refractivity contribution in [3.63, 3.8) is 0 Å². The van der Waals surface area contributed by atoms with Crippen molar-refractivity contribution in [1.82, 2.24) is 0 Å². The van der Waals surface area contributed by atoms with Gasteiger partial charge in [0.1, 0.15) is 6.10 Å². The summed E-state index contributed by atoms with van der Waals surface area (Å²) in [4.78, 5) is 24.4. The zero-order valence-corrected chi connectivity index (χ0v) is 12.7.